The van der Waals surface area contributed by atoms with Crippen LogP contribution in [-0.2, 0) is 21.7 Å². The van der Waals surface area contributed by atoms with E-state index in [4.69, 9.17) is 9.97 Å². The Morgan fingerprint density at radius 3 is 1.49 bits per heavy atom. The van der Waals surface area contributed by atoms with E-state index in [1.165, 1.54) is 5.56 Å². The van der Waals surface area contributed by atoms with E-state index in [0.717, 1.165) is 101 Å². The molecule has 10 aromatic rings. The summed E-state index contributed by atoms with van der Waals surface area (Å²) in [5.74, 6) is 1.06. The maximum atomic E-state index is 12.6. The first-order valence-electron chi connectivity index (χ1n) is 26.0. The van der Waals surface area contributed by atoms with Crippen LogP contribution < -0.4 is 0 Å². The highest BCUT2D eigenvalue weighted by atomic mass is 16.3. The number of pyridine rings is 2. The van der Waals surface area contributed by atoms with Gasteiger partial charge in [0.15, 0.2) is 0 Å². The molecule has 0 aliphatic heterocycles. The van der Waals surface area contributed by atoms with Gasteiger partial charge in [-0.25, -0.2) is 9.97 Å². The molecule has 74 heavy (non-hydrogen) atoms. The molecule has 7 aromatic carbocycles. The first-order valence-corrected chi connectivity index (χ1v) is 26.0. The molecule has 0 amide bonds. The standard InChI is InChI=1S/C69H68N4O/c1-66(2,3)50-31-32-61(55(40-50)46-27-20-15-21-28-46)73-62-43-70-34-33-58(62)72-65(73)49-35-47(36-51(37-49)67(4,5)6)59-38-48(39-60(71-59)56-41-52(68(7,8)9)42-57(64(56)74)69(10,11)12)63-53(44-23-16-13-17-24-44)29-22-30-54(63)45-25-18-14-19-26-45/h13-43,74H,1-12H3. The predicted molar refractivity (Wildman–Crippen MR) is 311 cm³/mol. The largest absolute Gasteiger partial charge is 0.507 e. The Kier molecular flexibility index (Phi) is 12.7. The summed E-state index contributed by atoms with van der Waals surface area (Å²) in [5.41, 5.74) is 19.2. The van der Waals surface area contributed by atoms with Crippen molar-refractivity contribution in [3.8, 4) is 89.8 Å². The van der Waals surface area contributed by atoms with Gasteiger partial charge in [0.1, 0.15) is 11.6 Å². The molecule has 0 saturated carbocycles. The summed E-state index contributed by atoms with van der Waals surface area (Å²) in [6.07, 6.45) is 3.76. The molecule has 10 rings (SSSR count). The number of phenols is 1. The lowest BCUT2D eigenvalue weighted by molar-refractivity contribution is 0.446. The van der Waals surface area contributed by atoms with Crippen molar-refractivity contribution in [1.82, 2.24) is 19.5 Å². The van der Waals surface area contributed by atoms with Crippen molar-refractivity contribution in [2.75, 3.05) is 0 Å². The molecule has 0 aliphatic rings. The third-order valence-electron chi connectivity index (χ3n) is 14.4. The van der Waals surface area contributed by atoms with Gasteiger partial charge in [-0.05, 0) is 132 Å². The van der Waals surface area contributed by atoms with Crippen LogP contribution >= 0.6 is 0 Å². The molecule has 0 fully saturated rings. The second kappa shape index (κ2) is 18.9. The fraction of sp³-hybridized carbons (Fsp3) is 0.232. The second-order valence-corrected chi connectivity index (χ2v) is 24.0. The summed E-state index contributed by atoms with van der Waals surface area (Å²) < 4.78 is 2.30. The Labute approximate surface area is 438 Å². The lowest BCUT2D eigenvalue weighted by atomic mass is 9.78. The average Bonchev–Trinajstić information content (AvgIpc) is 3.77. The highest BCUT2D eigenvalue weighted by molar-refractivity contribution is 5.97. The summed E-state index contributed by atoms with van der Waals surface area (Å²) in [6, 6.07) is 63.1. The molecule has 0 radical (unpaired) electrons. The lowest BCUT2D eigenvalue weighted by Crippen LogP contribution is -2.17. The molecule has 0 saturated heterocycles. The molecule has 3 heterocycles. The number of rotatable bonds is 8. The van der Waals surface area contributed by atoms with E-state index in [9.17, 15) is 5.11 Å². The Bertz CT molecular complexity index is 3630. The smallest absolute Gasteiger partial charge is 0.145 e. The van der Waals surface area contributed by atoms with E-state index in [0.29, 0.717) is 11.3 Å². The number of hydrogen-bond donors (Lipinski definition) is 1. The van der Waals surface area contributed by atoms with Crippen LogP contribution in [0.4, 0.5) is 0 Å². The summed E-state index contributed by atoms with van der Waals surface area (Å²) in [4.78, 5) is 15.9. The fourth-order valence-corrected chi connectivity index (χ4v) is 10.1. The number of nitrogens with zero attached hydrogens (tertiary/aromatic N) is 4. The van der Waals surface area contributed by atoms with Gasteiger partial charge in [0.2, 0.25) is 0 Å². The number of aromatic nitrogens is 4. The van der Waals surface area contributed by atoms with E-state index >= 15 is 0 Å². The van der Waals surface area contributed by atoms with E-state index in [2.05, 4.69) is 262 Å². The second-order valence-electron chi connectivity index (χ2n) is 24.0. The number of benzene rings is 7. The molecular weight excluding hydrogens is 901 g/mol. The highest BCUT2D eigenvalue weighted by Gasteiger charge is 2.29. The molecule has 3 aromatic heterocycles. The zero-order chi connectivity index (χ0) is 52.3. The van der Waals surface area contributed by atoms with E-state index in [1.807, 2.05) is 18.5 Å². The van der Waals surface area contributed by atoms with Gasteiger partial charge in [0, 0.05) is 34.0 Å². The minimum atomic E-state index is -0.342. The van der Waals surface area contributed by atoms with Crippen molar-refractivity contribution in [3.05, 3.63) is 211 Å². The third kappa shape index (κ3) is 9.72. The van der Waals surface area contributed by atoms with E-state index in [-0.39, 0.29) is 27.4 Å². The maximum Gasteiger partial charge on any atom is 0.145 e. The van der Waals surface area contributed by atoms with Crippen molar-refractivity contribution in [3.63, 3.8) is 0 Å². The zero-order valence-corrected chi connectivity index (χ0v) is 45.1. The lowest BCUT2D eigenvalue weighted by Gasteiger charge is -2.28. The van der Waals surface area contributed by atoms with Crippen molar-refractivity contribution in [2.24, 2.45) is 0 Å². The molecule has 370 valence electrons. The van der Waals surface area contributed by atoms with Crippen LogP contribution in [0.5, 0.6) is 5.75 Å². The predicted octanol–water partition coefficient (Wildman–Crippen LogP) is 18.4. The summed E-state index contributed by atoms with van der Waals surface area (Å²) >= 11 is 0. The van der Waals surface area contributed by atoms with Crippen LogP contribution in [0.1, 0.15) is 105 Å². The van der Waals surface area contributed by atoms with Gasteiger partial charge < -0.3 is 5.11 Å². The van der Waals surface area contributed by atoms with Crippen molar-refractivity contribution in [1.29, 1.82) is 0 Å². The molecule has 5 nitrogen and oxygen atoms in total. The van der Waals surface area contributed by atoms with Crippen molar-refractivity contribution >= 4 is 11.0 Å². The number of fused-ring (bicyclic) bond motifs is 1. The van der Waals surface area contributed by atoms with Crippen LogP contribution in [0.15, 0.2) is 188 Å². The minimum Gasteiger partial charge on any atom is -0.507 e. The first kappa shape index (κ1) is 49.7. The molecule has 0 aliphatic carbocycles. The van der Waals surface area contributed by atoms with Gasteiger partial charge in [-0.2, -0.15) is 0 Å². The van der Waals surface area contributed by atoms with Gasteiger partial charge in [0.05, 0.1) is 34.3 Å². The Morgan fingerprint density at radius 1 is 0.392 bits per heavy atom. The number of aromatic hydroxyl groups is 1. The van der Waals surface area contributed by atoms with Gasteiger partial charge in [-0.3, -0.25) is 9.55 Å². The van der Waals surface area contributed by atoms with Crippen LogP contribution in [0.25, 0.3) is 95.1 Å². The summed E-state index contributed by atoms with van der Waals surface area (Å²) in [7, 11) is 0. The maximum absolute atomic E-state index is 12.6. The fourth-order valence-electron chi connectivity index (χ4n) is 10.1. The molecule has 0 spiro atoms. The minimum absolute atomic E-state index is 0.0670. The van der Waals surface area contributed by atoms with Crippen molar-refractivity contribution < 1.29 is 5.11 Å². The highest BCUT2D eigenvalue weighted by Crippen LogP contribution is 2.47. The zero-order valence-electron chi connectivity index (χ0n) is 45.1. The van der Waals surface area contributed by atoms with Crippen LogP contribution in [0.3, 0.4) is 0 Å². The normalized spacial score (nSPS) is 12.4. The third-order valence-corrected chi connectivity index (χ3v) is 14.4. The van der Waals surface area contributed by atoms with Crippen LogP contribution in [0.2, 0.25) is 0 Å². The number of imidazole rings is 1. The molecule has 1 N–H and O–H groups in total. The monoisotopic (exact) mass is 969 g/mol. The van der Waals surface area contributed by atoms with Gasteiger partial charge in [-0.15, -0.1) is 0 Å². The van der Waals surface area contributed by atoms with Gasteiger partial charge >= 0.3 is 0 Å². The first-order chi connectivity index (χ1) is 35.1. The Hall–Kier alpha value is -7.89. The Morgan fingerprint density at radius 2 is 0.919 bits per heavy atom. The average molecular weight is 969 g/mol. The van der Waals surface area contributed by atoms with E-state index in [1.54, 1.807) is 0 Å². The molecule has 0 unspecified atom stereocenters. The SMILES string of the molecule is CC(C)(C)c1cc(-c2cc(-c3c(-c4ccccc4)cccc3-c3ccccc3)cc(-c3cc(C(C)(C)C)cc(C(C)(C)C)c3O)n2)cc(-c2nc3ccncc3n2-c2ccc(C(C)(C)C)cc2-c2ccccc2)c1. The molecular formula is C69H68N4O. The van der Waals surface area contributed by atoms with E-state index < -0.39 is 0 Å². The summed E-state index contributed by atoms with van der Waals surface area (Å²) in [5, 5.41) is 12.6. The van der Waals surface area contributed by atoms with Crippen molar-refractivity contribution in [2.45, 2.75) is 105 Å². The number of hydrogen-bond acceptors (Lipinski definition) is 4. The molecule has 0 atom stereocenters. The quantitative estimate of drug-likeness (QED) is 0.165. The number of phenolic OH excluding ortho intramolecular Hbond substituents is 1. The Balaban J connectivity index is 1.30. The molecule has 0 bridgehead atoms. The van der Waals surface area contributed by atoms with Crippen LogP contribution in [0, 0.1) is 0 Å². The van der Waals surface area contributed by atoms with Gasteiger partial charge in [0.25, 0.3) is 0 Å². The topological polar surface area (TPSA) is 63.8 Å². The van der Waals surface area contributed by atoms with Crippen LogP contribution in [-0.4, -0.2) is 24.6 Å². The van der Waals surface area contributed by atoms with Gasteiger partial charge in [-0.1, -0.05) is 204 Å². The summed E-state index contributed by atoms with van der Waals surface area (Å²) in [6.45, 7) is 26.8. The molecule has 5 heteroatoms.